The van der Waals surface area contributed by atoms with E-state index >= 15 is 0 Å². The molecule has 0 bridgehead atoms. The van der Waals surface area contributed by atoms with Crippen LogP contribution >= 0.6 is 22.9 Å². The van der Waals surface area contributed by atoms with E-state index in [2.05, 4.69) is 10.3 Å². The molecule has 0 fully saturated rings. The molecule has 0 radical (unpaired) electrons. The third-order valence-electron chi connectivity index (χ3n) is 4.49. The van der Waals surface area contributed by atoms with Crippen LogP contribution in [-0.4, -0.2) is 25.9 Å². The minimum Gasteiger partial charge on any atom is -0.298 e. The summed E-state index contributed by atoms with van der Waals surface area (Å²) in [5.74, 6) is -0.504. The molecule has 1 aliphatic heterocycles. The monoisotopic (exact) mass is 433 g/mol. The first-order valence-electron chi connectivity index (χ1n) is 8.58. The van der Waals surface area contributed by atoms with Gasteiger partial charge in [0, 0.05) is 18.1 Å². The second-order valence-corrected chi connectivity index (χ2v) is 9.41. The number of para-hydroxylation sites is 1. The summed E-state index contributed by atoms with van der Waals surface area (Å²) in [6, 6.07) is 11.6. The molecule has 0 atom stereocenters. The maximum absolute atomic E-state index is 13.3. The maximum Gasteiger partial charge on any atom is 0.264 e. The third-order valence-corrected chi connectivity index (χ3v) is 7.32. The number of hydrogen-bond donors (Lipinski definition) is 1. The highest BCUT2D eigenvalue weighted by molar-refractivity contribution is 7.92. The van der Waals surface area contributed by atoms with E-state index < -0.39 is 15.9 Å². The Bertz CT molecular complexity index is 1130. The molecule has 0 spiro atoms. The van der Waals surface area contributed by atoms with Crippen molar-refractivity contribution in [3.63, 3.8) is 0 Å². The number of aryl methyl sites for hydroxylation is 1. The predicted molar refractivity (Wildman–Crippen MR) is 111 cm³/mol. The van der Waals surface area contributed by atoms with Crippen molar-refractivity contribution < 1.29 is 13.2 Å². The van der Waals surface area contributed by atoms with Crippen LogP contribution in [0.4, 0.5) is 10.8 Å². The number of hydrogen-bond acceptors (Lipinski definition) is 5. The second-order valence-electron chi connectivity index (χ2n) is 6.24. The summed E-state index contributed by atoms with van der Waals surface area (Å²) in [5.41, 5.74) is 1.76. The number of sulfonamides is 1. The first-order valence-corrected chi connectivity index (χ1v) is 11.3. The van der Waals surface area contributed by atoms with Crippen LogP contribution in [0.2, 0.25) is 5.02 Å². The van der Waals surface area contributed by atoms with E-state index in [9.17, 15) is 13.2 Å². The summed E-state index contributed by atoms with van der Waals surface area (Å²) in [5, 5.41) is 4.95. The molecule has 2 heterocycles. The van der Waals surface area contributed by atoms with Gasteiger partial charge in [0.05, 0.1) is 21.2 Å². The van der Waals surface area contributed by atoms with E-state index in [1.807, 2.05) is 18.2 Å². The van der Waals surface area contributed by atoms with Gasteiger partial charge in [-0.25, -0.2) is 13.4 Å². The number of aromatic nitrogens is 1. The molecule has 1 amide bonds. The van der Waals surface area contributed by atoms with E-state index in [1.165, 1.54) is 33.8 Å². The van der Waals surface area contributed by atoms with Gasteiger partial charge in [0.2, 0.25) is 0 Å². The van der Waals surface area contributed by atoms with Crippen LogP contribution in [0.5, 0.6) is 0 Å². The molecular weight excluding hydrogens is 418 g/mol. The highest BCUT2D eigenvalue weighted by Crippen LogP contribution is 2.33. The fourth-order valence-electron chi connectivity index (χ4n) is 3.16. The SMILES string of the molecule is O=C(Nc1nccs1)c1cc(S(=O)(=O)N2CCCc3ccccc32)ccc1Cl. The van der Waals surface area contributed by atoms with Gasteiger partial charge >= 0.3 is 0 Å². The molecular formula is C19H16ClN3O3S2. The molecule has 3 aromatic rings. The number of halogens is 1. The lowest BCUT2D eigenvalue weighted by molar-refractivity contribution is 0.102. The zero-order valence-corrected chi connectivity index (χ0v) is 17.0. The number of carbonyl (C=O) groups excluding carboxylic acids is 1. The van der Waals surface area contributed by atoms with Crippen molar-refractivity contribution in [2.24, 2.45) is 0 Å². The number of nitrogens with one attached hydrogen (secondary N) is 1. The molecule has 144 valence electrons. The van der Waals surface area contributed by atoms with Crippen molar-refractivity contribution in [1.29, 1.82) is 0 Å². The summed E-state index contributed by atoms with van der Waals surface area (Å²) in [7, 11) is -3.83. The first kappa shape index (κ1) is 18.9. The number of benzene rings is 2. The van der Waals surface area contributed by atoms with Crippen LogP contribution in [0.15, 0.2) is 58.9 Å². The molecule has 0 aliphatic carbocycles. The molecule has 9 heteroatoms. The Morgan fingerprint density at radius 2 is 2.04 bits per heavy atom. The van der Waals surface area contributed by atoms with Crippen molar-refractivity contribution in [2.45, 2.75) is 17.7 Å². The largest absolute Gasteiger partial charge is 0.298 e. The minimum atomic E-state index is -3.83. The molecule has 28 heavy (non-hydrogen) atoms. The van der Waals surface area contributed by atoms with Crippen LogP contribution in [0.1, 0.15) is 22.3 Å². The summed E-state index contributed by atoms with van der Waals surface area (Å²) < 4.78 is 28.0. The fraction of sp³-hybridized carbons (Fsp3) is 0.158. The standard InChI is InChI=1S/C19H16ClN3O3S2/c20-16-8-7-14(12-15(16)18(24)22-19-21-9-11-27-19)28(25,26)23-10-3-5-13-4-1-2-6-17(13)23/h1-2,4,6-9,11-12H,3,5,10H2,(H,21,22,24). The molecule has 0 unspecified atom stereocenters. The van der Waals surface area contributed by atoms with E-state index in [4.69, 9.17) is 11.6 Å². The zero-order valence-electron chi connectivity index (χ0n) is 14.6. The van der Waals surface area contributed by atoms with Crippen molar-refractivity contribution in [2.75, 3.05) is 16.2 Å². The average molecular weight is 434 g/mol. The molecule has 4 rings (SSSR count). The van der Waals surface area contributed by atoms with E-state index in [-0.39, 0.29) is 15.5 Å². The Labute approximate surface area is 171 Å². The van der Waals surface area contributed by atoms with Crippen LogP contribution in [-0.2, 0) is 16.4 Å². The van der Waals surface area contributed by atoms with Crippen molar-refractivity contribution in [3.8, 4) is 0 Å². The topological polar surface area (TPSA) is 79.4 Å². The fourth-order valence-corrected chi connectivity index (χ4v) is 5.46. The molecule has 0 saturated heterocycles. The zero-order chi connectivity index (χ0) is 19.7. The van der Waals surface area contributed by atoms with Gasteiger partial charge in [-0.1, -0.05) is 29.8 Å². The molecule has 1 N–H and O–H groups in total. The lowest BCUT2D eigenvalue weighted by Crippen LogP contribution is -2.35. The predicted octanol–water partition coefficient (Wildman–Crippen LogP) is 4.19. The Hall–Kier alpha value is -2.42. The number of carbonyl (C=O) groups is 1. The Morgan fingerprint density at radius 3 is 2.82 bits per heavy atom. The van der Waals surface area contributed by atoms with Gasteiger partial charge in [-0.15, -0.1) is 11.3 Å². The first-order chi connectivity index (χ1) is 13.5. The van der Waals surface area contributed by atoms with Crippen molar-refractivity contribution >= 4 is 49.7 Å². The number of nitrogens with zero attached hydrogens (tertiary/aromatic N) is 2. The van der Waals surface area contributed by atoms with Gasteiger partial charge < -0.3 is 0 Å². The lowest BCUT2D eigenvalue weighted by Gasteiger charge is -2.30. The second kappa shape index (κ2) is 7.54. The number of thiazole rings is 1. The van der Waals surface area contributed by atoms with Gasteiger partial charge in [0.25, 0.3) is 15.9 Å². The maximum atomic E-state index is 13.3. The summed E-state index contributed by atoms with van der Waals surface area (Å²) in [6.07, 6.45) is 3.14. The van der Waals surface area contributed by atoms with Gasteiger partial charge in [-0.05, 0) is 42.7 Å². The number of amides is 1. The quantitative estimate of drug-likeness (QED) is 0.669. The van der Waals surface area contributed by atoms with Gasteiger partial charge in [0.15, 0.2) is 5.13 Å². The number of anilines is 2. The Balaban J connectivity index is 1.70. The number of rotatable bonds is 4. The third kappa shape index (κ3) is 3.50. The number of fused-ring (bicyclic) bond motifs is 1. The highest BCUT2D eigenvalue weighted by atomic mass is 35.5. The van der Waals surface area contributed by atoms with Crippen LogP contribution in [0.25, 0.3) is 0 Å². The van der Waals surface area contributed by atoms with Gasteiger partial charge in [-0.2, -0.15) is 0 Å². The summed E-state index contributed by atoms with van der Waals surface area (Å²) in [6.45, 7) is 0.391. The molecule has 1 aliphatic rings. The normalized spacial score (nSPS) is 13.8. The lowest BCUT2D eigenvalue weighted by atomic mass is 10.0. The smallest absolute Gasteiger partial charge is 0.264 e. The highest BCUT2D eigenvalue weighted by Gasteiger charge is 2.30. The minimum absolute atomic E-state index is 0.0258. The summed E-state index contributed by atoms with van der Waals surface area (Å²) in [4.78, 5) is 16.6. The molecule has 0 saturated carbocycles. The van der Waals surface area contributed by atoms with Crippen LogP contribution in [0.3, 0.4) is 0 Å². The van der Waals surface area contributed by atoms with Crippen LogP contribution < -0.4 is 9.62 Å². The average Bonchev–Trinajstić information content (AvgIpc) is 3.20. The van der Waals surface area contributed by atoms with E-state index in [1.54, 1.807) is 17.6 Å². The van der Waals surface area contributed by atoms with Gasteiger partial charge in [-0.3, -0.25) is 14.4 Å². The van der Waals surface area contributed by atoms with Gasteiger partial charge in [0.1, 0.15) is 0 Å². The van der Waals surface area contributed by atoms with E-state index in [0.29, 0.717) is 17.4 Å². The molecule has 1 aromatic heterocycles. The van der Waals surface area contributed by atoms with Crippen molar-refractivity contribution in [3.05, 3.63) is 70.2 Å². The Kier molecular flexibility index (Phi) is 5.09. The van der Waals surface area contributed by atoms with Crippen LogP contribution in [0, 0.1) is 0 Å². The van der Waals surface area contributed by atoms with Crippen molar-refractivity contribution in [1.82, 2.24) is 4.98 Å². The molecule has 6 nitrogen and oxygen atoms in total. The summed E-state index contributed by atoms with van der Waals surface area (Å²) >= 11 is 7.43. The molecule has 2 aromatic carbocycles. The Morgan fingerprint density at radius 1 is 1.21 bits per heavy atom. The van der Waals surface area contributed by atoms with E-state index in [0.717, 1.165) is 18.4 Å².